The van der Waals surface area contributed by atoms with E-state index in [9.17, 15) is 19.2 Å². The molecule has 2 aromatic rings. The molecular formula is C33H44N8O6. The summed E-state index contributed by atoms with van der Waals surface area (Å²) in [5, 5.41) is 34.1. The Morgan fingerprint density at radius 2 is 1.70 bits per heavy atom. The highest BCUT2D eigenvalue weighted by molar-refractivity contribution is 5.92. The maximum atomic E-state index is 12.4. The van der Waals surface area contributed by atoms with E-state index in [4.69, 9.17) is 15.5 Å². The number of carboxylic acid groups (broad SMARTS) is 2. The molecule has 1 unspecified atom stereocenters. The topological polar surface area (TPSA) is 201 Å². The first-order valence-corrected chi connectivity index (χ1v) is 15.0. The summed E-state index contributed by atoms with van der Waals surface area (Å²) >= 11 is 0. The molecule has 2 rings (SSSR count). The lowest BCUT2D eigenvalue weighted by Gasteiger charge is -2.23. The van der Waals surface area contributed by atoms with Crippen molar-refractivity contribution in [3.63, 3.8) is 0 Å². The number of carbonyl (C=O) groups is 4. The molecule has 1 atom stereocenters. The van der Waals surface area contributed by atoms with Gasteiger partial charge in [-0.1, -0.05) is 24.8 Å². The summed E-state index contributed by atoms with van der Waals surface area (Å²) in [7, 11) is 5.46. The molecule has 0 saturated carbocycles. The highest BCUT2D eigenvalue weighted by atomic mass is 16.4. The van der Waals surface area contributed by atoms with Crippen LogP contribution in [0.25, 0.3) is 0 Å². The van der Waals surface area contributed by atoms with E-state index in [1.165, 1.54) is 11.0 Å². The Morgan fingerprint density at radius 3 is 2.28 bits per heavy atom. The monoisotopic (exact) mass is 648 g/mol. The number of hydrogen-bond acceptors (Lipinski definition) is 10. The van der Waals surface area contributed by atoms with Crippen molar-refractivity contribution in [2.45, 2.75) is 52.0 Å². The molecule has 2 amide bonds. The standard InChI is InChI=1S/C29H38N8O2.C4H6O4/c1-6-17-31-27-24(21-33-29(35-27)34-25-15-13-23(20-30)14-16-25)11-8-7-9-18-32-28(39)22(2)37(5)26(38)12-10-19-36(3)4;5-3(6)1-2-4(7)8/h10,12-16,21-22H,6-7,9,17-19H2,1-5H3,(H,32,39)(H2,31,33,34,35);1-2H2,(H,5,6)(H,7,8). The van der Waals surface area contributed by atoms with Gasteiger partial charge in [-0.3, -0.25) is 19.2 Å². The fraction of sp³-hybridized carbons (Fsp3) is 0.424. The van der Waals surface area contributed by atoms with Gasteiger partial charge in [-0.05, 0) is 58.1 Å². The molecule has 0 aliphatic carbocycles. The summed E-state index contributed by atoms with van der Waals surface area (Å²) in [5.74, 6) is 4.75. The van der Waals surface area contributed by atoms with Gasteiger partial charge in [-0.15, -0.1) is 0 Å². The van der Waals surface area contributed by atoms with Crippen molar-refractivity contribution >= 4 is 41.2 Å². The predicted octanol–water partition coefficient (Wildman–Crippen LogP) is 3.06. The number of carbonyl (C=O) groups excluding carboxylic acids is 2. The van der Waals surface area contributed by atoms with Gasteiger partial charge in [0.15, 0.2) is 0 Å². The van der Waals surface area contributed by atoms with Crippen molar-refractivity contribution in [1.82, 2.24) is 25.1 Å². The molecule has 14 nitrogen and oxygen atoms in total. The first kappa shape index (κ1) is 39.6. The number of nitrogens with one attached hydrogen (secondary N) is 3. The molecule has 1 aromatic heterocycles. The van der Waals surface area contributed by atoms with Crippen LogP contribution < -0.4 is 16.0 Å². The Labute approximate surface area is 275 Å². The summed E-state index contributed by atoms with van der Waals surface area (Å²) in [5.41, 5.74) is 2.05. The number of carboxylic acids is 2. The van der Waals surface area contributed by atoms with Crippen LogP contribution >= 0.6 is 0 Å². The number of likely N-dealkylation sites (N-methyl/N-ethyl adjacent to an activating group) is 2. The number of anilines is 3. The van der Waals surface area contributed by atoms with Crippen molar-refractivity contribution in [2.75, 3.05) is 51.4 Å². The van der Waals surface area contributed by atoms with Gasteiger partial charge < -0.3 is 36.0 Å². The largest absolute Gasteiger partial charge is 0.481 e. The Hall–Kier alpha value is -5.47. The van der Waals surface area contributed by atoms with Crippen molar-refractivity contribution < 1.29 is 29.4 Å². The molecule has 5 N–H and O–H groups in total. The van der Waals surface area contributed by atoms with E-state index in [2.05, 4.69) is 50.8 Å². The third-order valence-corrected chi connectivity index (χ3v) is 6.19. The second-order valence-corrected chi connectivity index (χ2v) is 10.5. The van der Waals surface area contributed by atoms with Gasteiger partial charge in [0, 0.05) is 44.9 Å². The molecule has 14 heteroatoms. The van der Waals surface area contributed by atoms with Gasteiger partial charge >= 0.3 is 11.9 Å². The van der Waals surface area contributed by atoms with Crippen LogP contribution in [-0.2, 0) is 19.2 Å². The molecule has 1 aromatic carbocycles. The number of benzene rings is 1. The Morgan fingerprint density at radius 1 is 1.04 bits per heavy atom. The number of rotatable bonds is 16. The van der Waals surface area contributed by atoms with E-state index in [1.807, 2.05) is 19.0 Å². The second-order valence-electron chi connectivity index (χ2n) is 10.5. The minimum absolute atomic E-state index is 0.204. The van der Waals surface area contributed by atoms with Gasteiger partial charge in [0.05, 0.1) is 36.2 Å². The fourth-order valence-electron chi connectivity index (χ4n) is 3.43. The Kier molecular flexibility index (Phi) is 18.6. The summed E-state index contributed by atoms with van der Waals surface area (Å²) < 4.78 is 0. The van der Waals surface area contributed by atoms with E-state index in [1.54, 1.807) is 50.5 Å². The number of nitriles is 1. The molecule has 0 bridgehead atoms. The van der Waals surface area contributed by atoms with Gasteiger partial charge in [0.25, 0.3) is 0 Å². The zero-order valence-electron chi connectivity index (χ0n) is 27.5. The minimum atomic E-state index is -1.08. The van der Waals surface area contributed by atoms with Crippen molar-refractivity contribution in [1.29, 1.82) is 5.26 Å². The van der Waals surface area contributed by atoms with Crippen molar-refractivity contribution in [3.8, 4) is 17.9 Å². The van der Waals surface area contributed by atoms with Crippen LogP contribution in [0.3, 0.4) is 0 Å². The first-order chi connectivity index (χ1) is 22.4. The number of nitrogens with zero attached hydrogens (tertiary/aromatic N) is 5. The van der Waals surface area contributed by atoms with E-state index in [-0.39, 0.29) is 24.7 Å². The predicted molar refractivity (Wildman–Crippen MR) is 179 cm³/mol. The van der Waals surface area contributed by atoms with Crippen LogP contribution in [0.5, 0.6) is 0 Å². The van der Waals surface area contributed by atoms with Crippen LogP contribution in [0.1, 0.15) is 57.1 Å². The highest BCUT2D eigenvalue weighted by Gasteiger charge is 2.20. The molecule has 0 aliphatic rings. The summed E-state index contributed by atoms with van der Waals surface area (Å²) in [4.78, 5) is 56.3. The molecule has 0 radical (unpaired) electrons. The lowest BCUT2D eigenvalue weighted by Crippen LogP contribution is -2.45. The molecule has 252 valence electrons. The van der Waals surface area contributed by atoms with Crippen LogP contribution in [0.2, 0.25) is 0 Å². The quantitative estimate of drug-likeness (QED) is 0.101. The first-order valence-electron chi connectivity index (χ1n) is 15.0. The number of hydrogen-bond donors (Lipinski definition) is 5. The lowest BCUT2D eigenvalue weighted by atomic mass is 10.2. The molecular weight excluding hydrogens is 604 g/mol. The van der Waals surface area contributed by atoms with E-state index in [0.717, 1.165) is 18.7 Å². The van der Waals surface area contributed by atoms with Gasteiger partial charge in [0.1, 0.15) is 11.9 Å². The minimum Gasteiger partial charge on any atom is -0.481 e. The van der Waals surface area contributed by atoms with Crippen LogP contribution in [0, 0.1) is 23.2 Å². The maximum Gasteiger partial charge on any atom is 0.303 e. The Balaban J connectivity index is 0.00000122. The highest BCUT2D eigenvalue weighted by Crippen LogP contribution is 2.18. The molecule has 0 spiro atoms. The summed E-state index contributed by atoms with van der Waals surface area (Å²) in [6.07, 6.45) is 6.52. The summed E-state index contributed by atoms with van der Waals surface area (Å²) in [6.45, 7) is 5.64. The second kappa shape index (κ2) is 22.1. The zero-order chi connectivity index (χ0) is 35.2. The number of aliphatic carboxylic acids is 2. The van der Waals surface area contributed by atoms with Crippen LogP contribution in [-0.4, -0.2) is 101 Å². The zero-order valence-corrected chi connectivity index (χ0v) is 27.5. The smallest absolute Gasteiger partial charge is 0.303 e. The van der Waals surface area contributed by atoms with Crippen molar-refractivity contribution in [2.24, 2.45) is 0 Å². The van der Waals surface area contributed by atoms with Crippen molar-refractivity contribution in [3.05, 3.63) is 53.7 Å². The average molecular weight is 649 g/mol. The number of unbranched alkanes of at least 4 members (excludes halogenated alkanes) is 1. The molecule has 0 fully saturated rings. The SMILES string of the molecule is CCCNc1nc(Nc2ccc(C#N)cc2)ncc1C#CCCCNC(=O)C(C)N(C)C(=O)C=CCN(C)C.O=C(O)CCC(=O)O. The number of amides is 2. The molecule has 0 saturated heterocycles. The number of aromatic nitrogens is 2. The molecule has 1 heterocycles. The lowest BCUT2D eigenvalue weighted by molar-refractivity contribution is -0.143. The molecule has 0 aliphatic heterocycles. The third kappa shape index (κ3) is 17.0. The molecule has 47 heavy (non-hydrogen) atoms. The van der Waals surface area contributed by atoms with E-state index < -0.39 is 18.0 Å². The van der Waals surface area contributed by atoms with Crippen LogP contribution in [0.15, 0.2) is 42.6 Å². The van der Waals surface area contributed by atoms with Gasteiger partial charge in [-0.25, -0.2) is 4.98 Å². The van der Waals surface area contributed by atoms with E-state index in [0.29, 0.717) is 48.8 Å². The third-order valence-electron chi connectivity index (χ3n) is 6.19. The average Bonchev–Trinajstić information content (AvgIpc) is 3.04. The van der Waals surface area contributed by atoms with Crippen LogP contribution in [0.4, 0.5) is 17.5 Å². The fourth-order valence-corrected chi connectivity index (χ4v) is 3.43. The summed E-state index contributed by atoms with van der Waals surface area (Å²) in [6, 6.07) is 8.57. The van der Waals surface area contributed by atoms with E-state index >= 15 is 0 Å². The Bertz CT molecular complexity index is 1440. The normalized spacial score (nSPS) is 10.8. The van der Waals surface area contributed by atoms with Gasteiger partial charge in [-0.2, -0.15) is 10.2 Å². The van der Waals surface area contributed by atoms with Gasteiger partial charge in [0.2, 0.25) is 17.8 Å². The maximum absolute atomic E-state index is 12.4.